The zero-order valence-corrected chi connectivity index (χ0v) is 14.6. The van der Waals surface area contributed by atoms with Crippen LogP contribution in [0.3, 0.4) is 0 Å². The Kier molecular flexibility index (Phi) is 4.29. The van der Waals surface area contributed by atoms with Crippen molar-refractivity contribution in [3.63, 3.8) is 0 Å². The SMILES string of the molecule is Cc1cccc(CNC(=O)c2nc(-c3ccc(F)cc3)[nH]c2C2CC2)c1. The summed E-state index contributed by atoms with van der Waals surface area (Å²) in [5, 5.41) is 2.96. The van der Waals surface area contributed by atoms with Crippen LogP contribution >= 0.6 is 0 Å². The number of aryl methyl sites for hydroxylation is 1. The number of hydrogen-bond acceptors (Lipinski definition) is 2. The van der Waals surface area contributed by atoms with E-state index < -0.39 is 0 Å². The molecule has 4 rings (SSSR count). The van der Waals surface area contributed by atoms with Crippen LogP contribution in [0.4, 0.5) is 4.39 Å². The lowest BCUT2D eigenvalue weighted by molar-refractivity contribution is 0.0945. The normalized spacial score (nSPS) is 13.6. The number of carbonyl (C=O) groups is 1. The highest BCUT2D eigenvalue weighted by Gasteiger charge is 2.31. The summed E-state index contributed by atoms with van der Waals surface area (Å²) >= 11 is 0. The molecule has 0 radical (unpaired) electrons. The van der Waals surface area contributed by atoms with Crippen LogP contribution < -0.4 is 5.32 Å². The van der Waals surface area contributed by atoms with Gasteiger partial charge in [-0.2, -0.15) is 0 Å². The second-order valence-electron chi connectivity index (χ2n) is 6.80. The topological polar surface area (TPSA) is 57.8 Å². The minimum atomic E-state index is -0.293. The van der Waals surface area contributed by atoms with Gasteiger partial charge in [0.25, 0.3) is 5.91 Å². The van der Waals surface area contributed by atoms with E-state index in [1.807, 2.05) is 25.1 Å². The summed E-state index contributed by atoms with van der Waals surface area (Å²) in [6.07, 6.45) is 2.12. The molecule has 132 valence electrons. The van der Waals surface area contributed by atoms with Gasteiger partial charge in [-0.25, -0.2) is 9.37 Å². The number of H-pyrrole nitrogens is 1. The van der Waals surface area contributed by atoms with E-state index in [2.05, 4.69) is 21.4 Å². The molecule has 0 aliphatic heterocycles. The molecule has 1 aliphatic rings. The van der Waals surface area contributed by atoms with E-state index >= 15 is 0 Å². The molecular weight excluding hydrogens is 329 g/mol. The van der Waals surface area contributed by atoms with Crippen molar-refractivity contribution in [1.29, 1.82) is 0 Å². The highest BCUT2D eigenvalue weighted by Crippen LogP contribution is 2.41. The van der Waals surface area contributed by atoms with Crippen molar-refractivity contribution in [1.82, 2.24) is 15.3 Å². The van der Waals surface area contributed by atoms with Crippen LogP contribution in [-0.2, 0) is 6.54 Å². The Hall–Kier alpha value is -2.95. The number of benzene rings is 2. The summed E-state index contributed by atoms with van der Waals surface area (Å²) in [5.74, 6) is 0.487. The molecule has 0 unspecified atom stereocenters. The third kappa shape index (κ3) is 3.52. The highest BCUT2D eigenvalue weighted by atomic mass is 19.1. The summed E-state index contributed by atoms with van der Waals surface area (Å²) in [6.45, 7) is 2.49. The number of rotatable bonds is 5. The predicted molar refractivity (Wildman–Crippen MR) is 98.3 cm³/mol. The smallest absolute Gasteiger partial charge is 0.272 e. The van der Waals surface area contributed by atoms with Gasteiger partial charge in [-0.1, -0.05) is 29.8 Å². The van der Waals surface area contributed by atoms with Gasteiger partial charge in [0.15, 0.2) is 0 Å². The number of aromatic nitrogens is 2. The number of nitrogens with one attached hydrogen (secondary N) is 2. The molecule has 1 heterocycles. The zero-order valence-electron chi connectivity index (χ0n) is 14.6. The Morgan fingerprint density at radius 1 is 1.23 bits per heavy atom. The zero-order chi connectivity index (χ0) is 18.1. The largest absolute Gasteiger partial charge is 0.347 e. The average Bonchev–Trinajstić information content (AvgIpc) is 3.39. The fraction of sp³-hybridized carbons (Fsp3) is 0.238. The first-order chi connectivity index (χ1) is 12.6. The first kappa shape index (κ1) is 16.5. The second kappa shape index (κ2) is 6.75. The quantitative estimate of drug-likeness (QED) is 0.720. The minimum absolute atomic E-state index is 0.182. The van der Waals surface area contributed by atoms with Gasteiger partial charge in [0.2, 0.25) is 0 Å². The molecule has 1 aromatic heterocycles. The molecule has 26 heavy (non-hydrogen) atoms. The first-order valence-electron chi connectivity index (χ1n) is 8.80. The second-order valence-corrected chi connectivity index (χ2v) is 6.80. The van der Waals surface area contributed by atoms with Crippen molar-refractivity contribution >= 4 is 5.91 Å². The maximum Gasteiger partial charge on any atom is 0.272 e. The van der Waals surface area contributed by atoms with Crippen molar-refractivity contribution in [3.05, 3.63) is 76.9 Å². The number of hydrogen-bond donors (Lipinski definition) is 2. The Bertz CT molecular complexity index is 942. The van der Waals surface area contributed by atoms with Crippen LogP contribution in [0.15, 0.2) is 48.5 Å². The van der Waals surface area contributed by atoms with Gasteiger partial charge in [0.1, 0.15) is 17.3 Å². The highest BCUT2D eigenvalue weighted by molar-refractivity contribution is 5.94. The molecule has 4 nitrogen and oxygen atoms in total. The lowest BCUT2D eigenvalue weighted by Crippen LogP contribution is -2.24. The Balaban J connectivity index is 1.56. The number of halogens is 1. The van der Waals surface area contributed by atoms with E-state index in [1.54, 1.807) is 12.1 Å². The molecule has 2 aromatic carbocycles. The molecule has 3 aromatic rings. The van der Waals surface area contributed by atoms with Gasteiger partial charge in [-0.05, 0) is 49.6 Å². The van der Waals surface area contributed by atoms with Gasteiger partial charge in [0, 0.05) is 18.0 Å². The maximum atomic E-state index is 13.1. The van der Waals surface area contributed by atoms with Gasteiger partial charge in [-0.15, -0.1) is 0 Å². The van der Waals surface area contributed by atoms with Crippen LogP contribution in [0.2, 0.25) is 0 Å². The third-order valence-corrected chi connectivity index (χ3v) is 4.59. The average molecular weight is 349 g/mol. The van der Waals surface area contributed by atoms with E-state index in [4.69, 9.17) is 0 Å². The van der Waals surface area contributed by atoms with E-state index in [-0.39, 0.29) is 11.7 Å². The minimum Gasteiger partial charge on any atom is -0.347 e. The third-order valence-electron chi connectivity index (χ3n) is 4.59. The molecule has 0 bridgehead atoms. The van der Waals surface area contributed by atoms with Crippen molar-refractivity contribution in [2.75, 3.05) is 0 Å². The molecule has 0 spiro atoms. The summed E-state index contributed by atoms with van der Waals surface area (Å²) < 4.78 is 13.1. The summed E-state index contributed by atoms with van der Waals surface area (Å²) in [4.78, 5) is 20.5. The van der Waals surface area contributed by atoms with E-state index in [1.165, 1.54) is 12.1 Å². The number of carbonyl (C=O) groups excluding carboxylic acids is 1. The molecule has 1 fully saturated rings. The van der Waals surface area contributed by atoms with Gasteiger partial charge in [0.05, 0.1) is 5.69 Å². The van der Waals surface area contributed by atoms with Crippen molar-refractivity contribution in [2.45, 2.75) is 32.2 Å². The first-order valence-corrected chi connectivity index (χ1v) is 8.80. The summed E-state index contributed by atoms with van der Waals surface area (Å²) in [6, 6.07) is 14.2. The predicted octanol–water partition coefficient (Wildman–Crippen LogP) is 4.33. The summed E-state index contributed by atoms with van der Waals surface area (Å²) in [7, 11) is 0. The van der Waals surface area contributed by atoms with Crippen molar-refractivity contribution < 1.29 is 9.18 Å². The number of amides is 1. The van der Waals surface area contributed by atoms with Crippen molar-refractivity contribution in [2.24, 2.45) is 0 Å². The van der Waals surface area contributed by atoms with Crippen LogP contribution in [0.25, 0.3) is 11.4 Å². The monoisotopic (exact) mass is 349 g/mol. The van der Waals surface area contributed by atoms with E-state index in [9.17, 15) is 9.18 Å². The molecule has 5 heteroatoms. The Morgan fingerprint density at radius 3 is 2.69 bits per heavy atom. The molecule has 2 N–H and O–H groups in total. The molecule has 1 aliphatic carbocycles. The van der Waals surface area contributed by atoms with E-state index in [0.29, 0.717) is 24.0 Å². The standard InChI is InChI=1S/C21H20FN3O/c1-13-3-2-4-14(11-13)12-23-21(26)19-18(15-5-6-15)24-20(25-19)16-7-9-17(22)10-8-16/h2-4,7-11,15H,5-6,12H2,1H3,(H,23,26)(H,24,25). The number of nitrogens with zero attached hydrogens (tertiary/aromatic N) is 1. The molecular formula is C21H20FN3O. The number of imidazole rings is 1. The molecule has 1 saturated carbocycles. The van der Waals surface area contributed by atoms with Crippen LogP contribution in [0.5, 0.6) is 0 Å². The van der Waals surface area contributed by atoms with Crippen LogP contribution in [0.1, 0.15) is 46.1 Å². The van der Waals surface area contributed by atoms with Crippen molar-refractivity contribution in [3.8, 4) is 11.4 Å². The Labute approximate surface area is 151 Å². The van der Waals surface area contributed by atoms with Gasteiger partial charge >= 0.3 is 0 Å². The van der Waals surface area contributed by atoms with Gasteiger partial charge < -0.3 is 10.3 Å². The fourth-order valence-corrected chi connectivity index (χ4v) is 3.06. The van der Waals surface area contributed by atoms with Gasteiger partial charge in [-0.3, -0.25) is 4.79 Å². The summed E-state index contributed by atoms with van der Waals surface area (Å²) in [5.41, 5.74) is 4.31. The molecule has 1 amide bonds. The lowest BCUT2D eigenvalue weighted by atomic mass is 10.1. The number of aromatic amines is 1. The van der Waals surface area contributed by atoms with Crippen LogP contribution in [0, 0.1) is 12.7 Å². The molecule has 0 atom stereocenters. The lowest BCUT2D eigenvalue weighted by Gasteiger charge is -2.06. The van der Waals surface area contributed by atoms with Crippen LogP contribution in [-0.4, -0.2) is 15.9 Å². The molecule has 0 saturated heterocycles. The maximum absolute atomic E-state index is 13.1. The van der Waals surface area contributed by atoms with E-state index in [0.717, 1.165) is 35.2 Å². The fourth-order valence-electron chi connectivity index (χ4n) is 3.06. The Morgan fingerprint density at radius 2 is 2.00 bits per heavy atom.